The van der Waals surface area contributed by atoms with Crippen molar-refractivity contribution in [1.82, 2.24) is 9.97 Å². The largest absolute Gasteiger partial charge is 0.372 e. The Morgan fingerprint density at radius 2 is 2.24 bits per heavy atom. The van der Waals surface area contributed by atoms with Crippen LogP contribution in [0.15, 0.2) is 6.07 Å². The molecule has 0 saturated heterocycles. The minimum atomic E-state index is 0.836. The molecule has 3 nitrogen and oxygen atoms in total. The zero-order valence-corrected chi connectivity index (χ0v) is 11.1. The van der Waals surface area contributed by atoms with E-state index in [1.54, 1.807) is 11.3 Å². The maximum Gasteiger partial charge on any atom is 0.138 e. The summed E-state index contributed by atoms with van der Waals surface area (Å²) in [4.78, 5) is 11.9. The average molecular weight is 247 g/mol. The zero-order valence-electron chi connectivity index (χ0n) is 10.3. The van der Waals surface area contributed by atoms with Gasteiger partial charge in [-0.15, -0.1) is 11.3 Å². The summed E-state index contributed by atoms with van der Waals surface area (Å²) in [7, 11) is 1.94. The van der Waals surface area contributed by atoms with Gasteiger partial charge in [-0.2, -0.15) is 0 Å². The highest BCUT2D eigenvalue weighted by Gasteiger charge is 2.23. The quantitative estimate of drug-likeness (QED) is 0.901. The number of hydrogen-bond acceptors (Lipinski definition) is 4. The topological polar surface area (TPSA) is 37.8 Å². The van der Waals surface area contributed by atoms with Crippen LogP contribution in [0.2, 0.25) is 0 Å². The van der Waals surface area contributed by atoms with Gasteiger partial charge >= 0.3 is 0 Å². The van der Waals surface area contributed by atoms with Crippen LogP contribution in [0.4, 0.5) is 5.82 Å². The molecule has 90 valence electrons. The Hall–Kier alpha value is -1.16. The predicted molar refractivity (Wildman–Crippen MR) is 72.8 cm³/mol. The van der Waals surface area contributed by atoms with Crippen molar-refractivity contribution in [1.29, 1.82) is 0 Å². The van der Waals surface area contributed by atoms with Gasteiger partial charge in [0.2, 0.25) is 0 Å². The van der Waals surface area contributed by atoms with E-state index in [1.165, 1.54) is 23.1 Å². The van der Waals surface area contributed by atoms with Crippen molar-refractivity contribution in [2.24, 2.45) is 5.92 Å². The molecular formula is C13H17N3S. The molecule has 3 rings (SSSR count). The number of fused-ring (bicyclic) bond motifs is 1. The van der Waals surface area contributed by atoms with Crippen LogP contribution < -0.4 is 5.32 Å². The molecule has 1 saturated carbocycles. The van der Waals surface area contributed by atoms with E-state index in [-0.39, 0.29) is 0 Å². The van der Waals surface area contributed by atoms with Crippen LogP contribution >= 0.6 is 11.3 Å². The van der Waals surface area contributed by atoms with Crippen molar-refractivity contribution in [3.63, 3.8) is 0 Å². The lowest BCUT2D eigenvalue weighted by atomic mass is 10.2. The number of nitrogens with one attached hydrogen (secondary N) is 1. The summed E-state index contributed by atoms with van der Waals surface area (Å²) < 4.78 is 0. The van der Waals surface area contributed by atoms with Gasteiger partial charge in [-0.3, -0.25) is 0 Å². The first-order chi connectivity index (χ1) is 8.30. The maximum atomic E-state index is 4.70. The summed E-state index contributed by atoms with van der Waals surface area (Å²) in [6.07, 6.45) is 4.81. The molecule has 0 bridgehead atoms. The molecule has 0 aromatic carbocycles. The summed E-state index contributed by atoms with van der Waals surface area (Å²) in [6, 6.07) is 2.22. The van der Waals surface area contributed by atoms with Crippen molar-refractivity contribution < 1.29 is 0 Å². The summed E-state index contributed by atoms with van der Waals surface area (Å²) in [5.74, 6) is 2.83. The summed E-state index contributed by atoms with van der Waals surface area (Å²) in [6.45, 7) is 2.18. The molecule has 0 unspecified atom stereocenters. The summed E-state index contributed by atoms with van der Waals surface area (Å²) >= 11 is 1.80. The smallest absolute Gasteiger partial charge is 0.138 e. The van der Waals surface area contributed by atoms with Crippen LogP contribution in [0.1, 0.15) is 30.5 Å². The Morgan fingerprint density at radius 3 is 2.88 bits per heavy atom. The van der Waals surface area contributed by atoms with Crippen molar-refractivity contribution >= 4 is 27.4 Å². The van der Waals surface area contributed by atoms with Gasteiger partial charge in [0.1, 0.15) is 16.5 Å². The first-order valence-corrected chi connectivity index (χ1v) is 7.09. The number of hydrogen-bond donors (Lipinski definition) is 1. The lowest BCUT2D eigenvalue weighted by Crippen LogP contribution is -2.01. The molecule has 0 aliphatic heterocycles. The molecule has 0 spiro atoms. The van der Waals surface area contributed by atoms with Gasteiger partial charge in [0, 0.05) is 18.3 Å². The second-order valence-corrected chi connectivity index (χ2v) is 5.79. The van der Waals surface area contributed by atoms with Gasteiger partial charge in [-0.05, 0) is 31.2 Å². The van der Waals surface area contributed by atoms with E-state index < -0.39 is 0 Å². The van der Waals surface area contributed by atoms with Crippen LogP contribution in [0.3, 0.4) is 0 Å². The van der Waals surface area contributed by atoms with E-state index in [2.05, 4.69) is 23.3 Å². The molecule has 0 atom stereocenters. The second-order valence-electron chi connectivity index (χ2n) is 4.67. The Labute approximate surface area is 105 Å². The van der Waals surface area contributed by atoms with Crippen molar-refractivity contribution in [2.45, 2.75) is 32.6 Å². The number of aryl methyl sites for hydroxylation is 1. The summed E-state index contributed by atoms with van der Waals surface area (Å²) in [5, 5.41) is 4.37. The zero-order chi connectivity index (χ0) is 11.8. The second kappa shape index (κ2) is 4.26. The highest BCUT2D eigenvalue weighted by molar-refractivity contribution is 7.18. The van der Waals surface area contributed by atoms with Crippen LogP contribution in [0, 0.1) is 5.92 Å². The van der Waals surface area contributed by atoms with Gasteiger partial charge in [0.15, 0.2) is 0 Å². The van der Waals surface area contributed by atoms with Crippen LogP contribution in [0.25, 0.3) is 10.2 Å². The molecule has 1 N–H and O–H groups in total. The molecular weight excluding hydrogens is 230 g/mol. The minimum absolute atomic E-state index is 0.836. The Kier molecular flexibility index (Phi) is 2.74. The first kappa shape index (κ1) is 11.0. The Morgan fingerprint density at radius 1 is 1.41 bits per heavy atom. The van der Waals surface area contributed by atoms with Gasteiger partial charge in [0.05, 0.1) is 5.39 Å². The normalized spacial score (nSPS) is 15.4. The van der Waals surface area contributed by atoms with Crippen LogP contribution in [-0.4, -0.2) is 17.0 Å². The fraction of sp³-hybridized carbons (Fsp3) is 0.538. The summed E-state index contributed by atoms with van der Waals surface area (Å²) in [5.41, 5.74) is 0. The van der Waals surface area contributed by atoms with Crippen LogP contribution in [-0.2, 0) is 12.8 Å². The van der Waals surface area contributed by atoms with E-state index in [0.717, 1.165) is 35.2 Å². The predicted octanol–water partition coefficient (Wildman–Crippen LogP) is 3.25. The van der Waals surface area contributed by atoms with Crippen molar-refractivity contribution in [2.75, 3.05) is 12.4 Å². The molecule has 1 aliphatic rings. The molecule has 2 aromatic rings. The highest BCUT2D eigenvalue weighted by atomic mass is 32.1. The van der Waals surface area contributed by atoms with Gasteiger partial charge in [-0.1, -0.05) is 6.92 Å². The Balaban J connectivity index is 2.06. The third-order valence-corrected chi connectivity index (χ3v) is 4.42. The number of aromatic nitrogens is 2. The lowest BCUT2D eigenvalue weighted by Gasteiger charge is -2.04. The molecule has 0 radical (unpaired) electrons. The standard InChI is InChI=1S/C13H17N3S/c1-3-9-7-10-12(14-2)15-11(6-8-4-5-8)16-13(10)17-9/h7-8H,3-6H2,1-2H3,(H,14,15,16). The van der Waals surface area contributed by atoms with Crippen molar-refractivity contribution in [3.8, 4) is 0 Å². The molecule has 1 aliphatic carbocycles. The number of thiophene rings is 1. The SMILES string of the molecule is CCc1cc2c(NC)nc(CC3CC3)nc2s1. The molecule has 2 heterocycles. The highest BCUT2D eigenvalue weighted by Crippen LogP contribution is 2.34. The first-order valence-electron chi connectivity index (χ1n) is 6.27. The van der Waals surface area contributed by atoms with Gasteiger partial charge in [0.25, 0.3) is 0 Å². The molecule has 2 aromatic heterocycles. The maximum absolute atomic E-state index is 4.70. The van der Waals surface area contributed by atoms with E-state index in [9.17, 15) is 0 Å². The fourth-order valence-corrected chi connectivity index (χ4v) is 3.04. The van der Waals surface area contributed by atoms with E-state index in [4.69, 9.17) is 4.98 Å². The third-order valence-electron chi connectivity index (χ3n) is 3.24. The molecule has 4 heteroatoms. The van der Waals surface area contributed by atoms with Gasteiger partial charge in [-0.25, -0.2) is 9.97 Å². The lowest BCUT2D eigenvalue weighted by molar-refractivity contribution is 0.778. The number of rotatable bonds is 4. The number of nitrogens with zero attached hydrogens (tertiary/aromatic N) is 2. The molecule has 0 amide bonds. The van der Waals surface area contributed by atoms with Crippen molar-refractivity contribution in [3.05, 3.63) is 16.8 Å². The molecule has 1 fully saturated rings. The fourth-order valence-electron chi connectivity index (χ4n) is 2.05. The monoisotopic (exact) mass is 247 g/mol. The van der Waals surface area contributed by atoms with Crippen LogP contribution in [0.5, 0.6) is 0 Å². The van der Waals surface area contributed by atoms with E-state index in [0.29, 0.717) is 0 Å². The van der Waals surface area contributed by atoms with E-state index >= 15 is 0 Å². The molecule has 17 heavy (non-hydrogen) atoms. The third kappa shape index (κ3) is 2.14. The Bertz CT molecular complexity index is 543. The average Bonchev–Trinajstić information content (AvgIpc) is 3.05. The minimum Gasteiger partial charge on any atom is -0.372 e. The van der Waals surface area contributed by atoms with Gasteiger partial charge < -0.3 is 5.32 Å². The van der Waals surface area contributed by atoms with E-state index in [1.807, 2.05) is 7.05 Å². The number of anilines is 1.